The number of carbonyl (C=O) groups excluding carboxylic acids is 2. The van der Waals surface area contributed by atoms with E-state index in [2.05, 4.69) is 27.3 Å². The average Bonchev–Trinajstić information content (AvgIpc) is 2.42. The van der Waals surface area contributed by atoms with Crippen LogP contribution in [-0.2, 0) is 14.3 Å². The third-order valence-corrected chi connectivity index (χ3v) is 1.94. The van der Waals surface area contributed by atoms with Gasteiger partial charge in [-0.25, -0.2) is 10.1 Å². The Balaban J connectivity index is 2.72. The van der Waals surface area contributed by atoms with E-state index in [0.717, 1.165) is 6.26 Å². The van der Waals surface area contributed by atoms with Crippen molar-refractivity contribution in [1.82, 2.24) is 16.0 Å². The van der Waals surface area contributed by atoms with E-state index >= 15 is 0 Å². The molecule has 0 aromatic rings. The van der Waals surface area contributed by atoms with Crippen LogP contribution < -0.4 is 16.0 Å². The van der Waals surface area contributed by atoms with Crippen molar-refractivity contribution >= 4 is 11.9 Å². The van der Waals surface area contributed by atoms with Crippen LogP contribution in [0.4, 0.5) is 0 Å². The van der Waals surface area contributed by atoms with E-state index in [0.29, 0.717) is 0 Å². The lowest BCUT2D eigenvalue weighted by Gasteiger charge is -2.19. The molecule has 0 aromatic heterocycles. The fraction of sp³-hybridized carbons (Fsp3) is 0.556. The maximum absolute atomic E-state index is 11.4. The Bertz CT molecular complexity index is 318. The molecular weight excluding hydrogens is 214 g/mol. The summed E-state index contributed by atoms with van der Waals surface area (Å²) in [4.78, 5) is 22.7. The number of rotatable bonds is 4. The van der Waals surface area contributed by atoms with Crippen LogP contribution in [0.3, 0.4) is 0 Å². The average molecular weight is 229 g/mol. The first kappa shape index (κ1) is 12.6. The summed E-state index contributed by atoms with van der Waals surface area (Å²) in [7, 11) is 0. The third kappa shape index (κ3) is 2.38. The van der Waals surface area contributed by atoms with Crippen LogP contribution in [0.25, 0.3) is 0 Å². The lowest BCUT2D eigenvalue weighted by Crippen LogP contribution is -2.57. The quantitative estimate of drug-likeness (QED) is 0.262. The molecule has 1 rings (SSSR count). The van der Waals surface area contributed by atoms with E-state index in [-0.39, 0.29) is 6.04 Å². The topological polar surface area (TPSA) is 99.7 Å². The second-order valence-electron chi connectivity index (χ2n) is 3.65. The van der Waals surface area contributed by atoms with E-state index in [1.54, 1.807) is 0 Å². The molecular formula is C9H15N3O4. The zero-order valence-corrected chi connectivity index (χ0v) is 9.11. The zero-order valence-electron chi connectivity index (χ0n) is 9.11. The SMILES string of the molecule is C=COC(=O)C1(O)NC(NC(C)C)NC1=O. The van der Waals surface area contributed by atoms with E-state index in [4.69, 9.17) is 0 Å². The molecule has 4 N–H and O–H groups in total. The van der Waals surface area contributed by atoms with Crippen LogP contribution in [-0.4, -0.2) is 35.0 Å². The first-order chi connectivity index (χ1) is 7.40. The van der Waals surface area contributed by atoms with Crippen molar-refractivity contribution in [2.75, 3.05) is 0 Å². The van der Waals surface area contributed by atoms with Crippen molar-refractivity contribution in [3.05, 3.63) is 12.8 Å². The third-order valence-electron chi connectivity index (χ3n) is 1.94. The van der Waals surface area contributed by atoms with Crippen LogP contribution in [0.1, 0.15) is 13.8 Å². The number of hydrogen-bond donors (Lipinski definition) is 4. The van der Waals surface area contributed by atoms with E-state index < -0.39 is 23.9 Å². The number of hydrogen-bond acceptors (Lipinski definition) is 6. The molecule has 1 amide bonds. The molecule has 0 saturated carbocycles. The summed E-state index contributed by atoms with van der Waals surface area (Å²) in [6, 6.07) is 0.0653. The van der Waals surface area contributed by atoms with Gasteiger partial charge in [-0.1, -0.05) is 6.58 Å². The van der Waals surface area contributed by atoms with Gasteiger partial charge in [0.05, 0.1) is 6.26 Å². The normalized spacial score (nSPS) is 29.0. The van der Waals surface area contributed by atoms with Gasteiger partial charge < -0.3 is 15.2 Å². The highest BCUT2D eigenvalue weighted by molar-refractivity contribution is 6.07. The van der Waals surface area contributed by atoms with Gasteiger partial charge in [-0.3, -0.25) is 10.1 Å². The summed E-state index contributed by atoms with van der Waals surface area (Å²) in [5.74, 6) is -1.98. The first-order valence-electron chi connectivity index (χ1n) is 4.79. The fourth-order valence-electron chi connectivity index (χ4n) is 1.28. The standard InChI is InChI=1S/C9H15N3O4/c1-4-16-7(14)9(15)6(13)11-8(12-9)10-5(2)3/h4-5,8,10,12,15H,1H2,2-3H3,(H,11,13). The number of ether oxygens (including phenoxy) is 1. The summed E-state index contributed by atoms with van der Waals surface area (Å²) in [5, 5.41) is 17.4. The lowest BCUT2D eigenvalue weighted by molar-refractivity contribution is -0.166. The zero-order chi connectivity index (χ0) is 12.3. The molecule has 0 aromatic carbocycles. The summed E-state index contributed by atoms with van der Waals surface area (Å²) in [6.45, 7) is 6.88. The van der Waals surface area contributed by atoms with Gasteiger partial charge in [-0.05, 0) is 13.8 Å². The van der Waals surface area contributed by atoms with E-state index in [1.165, 1.54) is 0 Å². The fourth-order valence-corrected chi connectivity index (χ4v) is 1.28. The summed E-state index contributed by atoms with van der Waals surface area (Å²) in [6.07, 6.45) is 0.160. The van der Waals surface area contributed by atoms with Crippen molar-refractivity contribution in [2.45, 2.75) is 31.9 Å². The van der Waals surface area contributed by atoms with Gasteiger partial charge in [0.1, 0.15) is 6.29 Å². The monoisotopic (exact) mass is 229 g/mol. The molecule has 2 atom stereocenters. The van der Waals surface area contributed by atoms with Crippen molar-refractivity contribution in [3.63, 3.8) is 0 Å². The molecule has 0 radical (unpaired) electrons. The molecule has 16 heavy (non-hydrogen) atoms. The number of nitrogens with one attached hydrogen (secondary N) is 3. The van der Waals surface area contributed by atoms with Crippen molar-refractivity contribution in [1.29, 1.82) is 0 Å². The Morgan fingerprint density at radius 1 is 1.75 bits per heavy atom. The number of carbonyl (C=O) groups is 2. The van der Waals surface area contributed by atoms with Crippen molar-refractivity contribution in [2.24, 2.45) is 0 Å². The number of amides is 1. The van der Waals surface area contributed by atoms with E-state index in [9.17, 15) is 14.7 Å². The molecule has 1 aliphatic rings. The molecule has 90 valence electrons. The van der Waals surface area contributed by atoms with Crippen LogP contribution >= 0.6 is 0 Å². The Kier molecular flexibility index (Phi) is 3.63. The predicted molar refractivity (Wildman–Crippen MR) is 54.6 cm³/mol. The van der Waals surface area contributed by atoms with E-state index in [1.807, 2.05) is 13.8 Å². The smallest absolute Gasteiger partial charge is 0.368 e. The van der Waals surface area contributed by atoms with Gasteiger partial charge in [0.2, 0.25) is 0 Å². The Morgan fingerprint density at radius 3 is 2.88 bits per heavy atom. The maximum atomic E-state index is 11.4. The largest absolute Gasteiger partial charge is 0.432 e. The highest BCUT2D eigenvalue weighted by atomic mass is 16.6. The Labute approximate surface area is 92.8 Å². The molecule has 1 heterocycles. The number of esters is 1. The van der Waals surface area contributed by atoms with Crippen LogP contribution in [0.2, 0.25) is 0 Å². The van der Waals surface area contributed by atoms with Crippen molar-refractivity contribution < 1.29 is 19.4 Å². The van der Waals surface area contributed by atoms with Crippen LogP contribution in [0.15, 0.2) is 12.8 Å². The van der Waals surface area contributed by atoms with Gasteiger partial charge in [0.15, 0.2) is 0 Å². The molecule has 7 nitrogen and oxygen atoms in total. The van der Waals surface area contributed by atoms with Gasteiger partial charge in [0.25, 0.3) is 11.6 Å². The second-order valence-corrected chi connectivity index (χ2v) is 3.65. The highest BCUT2D eigenvalue weighted by Crippen LogP contribution is 2.10. The molecule has 1 aliphatic heterocycles. The Morgan fingerprint density at radius 2 is 2.38 bits per heavy atom. The molecule has 0 bridgehead atoms. The molecule has 7 heteroatoms. The molecule has 2 unspecified atom stereocenters. The highest BCUT2D eigenvalue weighted by Gasteiger charge is 2.52. The van der Waals surface area contributed by atoms with Crippen LogP contribution in [0.5, 0.6) is 0 Å². The molecule has 1 saturated heterocycles. The molecule has 0 spiro atoms. The molecule has 1 fully saturated rings. The second kappa shape index (κ2) is 4.60. The summed E-state index contributed by atoms with van der Waals surface area (Å²) < 4.78 is 4.38. The summed E-state index contributed by atoms with van der Waals surface area (Å²) in [5.41, 5.74) is -2.37. The minimum Gasteiger partial charge on any atom is -0.432 e. The van der Waals surface area contributed by atoms with Gasteiger partial charge in [0, 0.05) is 6.04 Å². The van der Waals surface area contributed by atoms with Gasteiger partial charge >= 0.3 is 5.97 Å². The first-order valence-corrected chi connectivity index (χ1v) is 4.79. The molecule has 0 aliphatic carbocycles. The lowest BCUT2D eigenvalue weighted by atomic mass is 10.2. The summed E-state index contributed by atoms with van der Waals surface area (Å²) >= 11 is 0. The van der Waals surface area contributed by atoms with Crippen molar-refractivity contribution in [3.8, 4) is 0 Å². The maximum Gasteiger partial charge on any atom is 0.368 e. The predicted octanol–water partition coefficient (Wildman–Crippen LogP) is -1.64. The number of aliphatic hydroxyl groups is 1. The minimum atomic E-state index is -2.37. The minimum absolute atomic E-state index is 0.0653. The Hall–Kier alpha value is -1.44. The van der Waals surface area contributed by atoms with Gasteiger partial charge in [-0.2, -0.15) is 0 Å². The van der Waals surface area contributed by atoms with Crippen LogP contribution in [0, 0.1) is 0 Å². The van der Waals surface area contributed by atoms with Gasteiger partial charge in [-0.15, -0.1) is 0 Å².